The second-order valence-corrected chi connectivity index (χ2v) is 12.4. The highest BCUT2D eigenvalue weighted by Crippen LogP contribution is 2.49. The van der Waals surface area contributed by atoms with Crippen molar-refractivity contribution in [2.24, 2.45) is 23.5 Å². The number of ether oxygens (including phenoxy) is 1. The van der Waals surface area contributed by atoms with E-state index in [2.05, 4.69) is 38.1 Å². The lowest BCUT2D eigenvalue weighted by molar-refractivity contribution is -0.393. The highest BCUT2D eigenvalue weighted by atomic mass is 17.2. The molecule has 1 aromatic carbocycles. The molecule has 4 aliphatic rings. The lowest BCUT2D eigenvalue weighted by Crippen LogP contribution is -2.40. The first-order valence-electron chi connectivity index (χ1n) is 14.4. The molecule has 1 heterocycles. The molecule has 1 spiro atoms. The van der Waals surface area contributed by atoms with Crippen molar-refractivity contribution in [3.8, 4) is 5.75 Å². The molecule has 1 aromatic rings. The summed E-state index contributed by atoms with van der Waals surface area (Å²) in [7, 11) is 0. The Morgan fingerprint density at radius 2 is 1.71 bits per heavy atom. The molecule has 0 radical (unpaired) electrons. The molecule has 1 aliphatic heterocycles. The van der Waals surface area contributed by atoms with E-state index >= 15 is 0 Å². The van der Waals surface area contributed by atoms with Crippen LogP contribution in [0.15, 0.2) is 24.3 Å². The normalized spacial score (nSPS) is 41.3. The predicted octanol–water partition coefficient (Wildman–Crippen LogP) is 7.30. The van der Waals surface area contributed by atoms with Crippen molar-refractivity contribution in [1.29, 1.82) is 0 Å². The van der Waals surface area contributed by atoms with Gasteiger partial charge in [0.1, 0.15) is 11.4 Å². The second-order valence-electron chi connectivity index (χ2n) is 12.4. The summed E-state index contributed by atoms with van der Waals surface area (Å²) in [5, 5.41) is 0. The van der Waals surface area contributed by atoms with E-state index in [1.807, 2.05) is 0 Å². The number of fused-ring (bicyclic) bond motifs is 2. The van der Waals surface area contributed by atoms with Crippen LogP contribution in [0.4, 0.5) is 0 Å². The highest BCUT2D eigenvalue weighted by molar-refractivity contribution is 5.30. The summed E-state index contributed by atoms with van der Waals surface area (Å²) in [4.78, 5) is 12.7. The van der Waals surface area contributed by atoms with Gasteiger partial charge in [0.2, 0.25) is 0 Å². The van der Waals surface area contributed by atoms with Crippen LogP contribution in [0.1, 0.15) is 115 Å². The van der Waals surface area contributed by atoms with Crippen LogP contribution < -0.4 is 10.5 Å². The predicted molar refractivity (Wildman–Crippen MR) is 137 cm³/mol. The lowest BCUT2D eigenvalue weighted by atomic mass is 9.66. The summed E-state index contributed by atoms with van der Waals surface area (Å²) >= 11 is 0. The van der Waals surface area contributed by atoms with Gasteiger partial charge in [-0.15, -0.1) is 0 Å². The summed E-state index contributed by atoms with van der Waals surface area (Å²) in [5.74, 6) is 3.97. The molecule has 34 heavy (non-hydrogen) atoms. The molecule has 1 saturated heterocycles. The molecule has 3 aliphatic carbocycles. The first-order valence-corrected chi connectivity index (χ1v) is 14.4. The Bertz CT molecular complexity index is 774. The van der Waals surface area contributed by atoms with Gasteiger partial charge in [-0.25, -0.2) is 9.78 Å². The zero-order chi connectivity index (χ0) is 23.5. The monoisotopic (exact) mass is 469 g/mol. The minimum absolute atomic E-state index is 0.122. The van der Waals surface area contributed by atoms with Gasteiger partial charge in [0.05, 0.1) is 12.2 Å². The van der Waals surface area contributed by atoms with E-state index in [9.17, 15) is 0 Å². The van der Waals surface area contributed by atoms with Gasteiger partial charge in [0.25, 0.3) is 0 Å². The zero-order valence-corrected chi connectivity index (χ0v) is 21.6. The molecule has 2 bridgehead atoms. The first-order chi connectivity index (χ1) is 16.5. The largest absolute Gasteiger partial charge is 0.490 e. The third-order valence-electron chi connectivity index (χ3n) is 9.39. The van der Waals surface area contributed by atoms with Gasteiger partial charge in [-0.05, 0) is 131 Å². The van der Waals surface area contributed by atoms with Crippen molar-refractivity contribution in [3.63, 3.8) is 0 Å². The maximum atomic E-state index is 6.49. The van der Waals surface area contributed by atoms with Crippen LogP contribution in [0, 0.1) is 17.8 Å². The molecule has 0 aromatic heterocycles. The van der Waals surface area contributed by atoms with Crippen LogP contribution in [-0.2, 0) is 9.78 Å². The number of hydrogen-bond donors (Lipinski definition) is 1. The Labute approximate surface area is 207 Å². The highest BCUT2D eigenvalue weighted by Gasteiger charge is 2.44. The van der Waals surface area contributed by atoms with Crippen LogP contribution in [0.2, 0.25) is 0 Å². The van der Waals surface area contributed by atoms with Crippen LogP contribution in [0.3, 0.4) is 0 Å². The molecule has 190 valence electrons. The number of rotatable bonds is 4. The molecule has 6 atom stereocenters. The molecular formula is C30H47NO3. The average molecular weight is 470 g/mol. The van der Waals surface area contributed by atoms with E-state index < -0.39 is 0 Å². The Hall–Kier alpha value is -1.10. The summed E-state index contributed by atoms with van der Waals surface area (Å²) in [6.45, 7) is 4.71. The van der Waals surface area contributed by atoms with E-state index in [4.69, 9.17) is 20.2 Å². The number of benzene rings is 1. The van der Waals surface area contributed by atoms with Gasteiger partial charge in [-0.1, -0.05) is 26.0 Å². The van der Waals surface area contributed by atoms with Crippen molar-refractivity contribution < 1.29 is 14.5 Å². The van der Waals surface area contributed by atoms with Crippen molar-refractivity contribution in [2.45, 2.75) is 134 Å². The number of nitrogens with two attached hydrogens (primary N) is 1. The Balaban J connectivity index is 1.26. The molecule has 3 saturated carbocycles. The fourth-order valence-electron chi connectivity index (χ4n) is 7.72. The summed E-state index contributed by atoms with van der Waals surface area (Å²) in [6, 6.07) is 9.34. The van der Waals surface area contributed by atoms with Crippen molar-refractivity contribution in [3.05, 3.63) is 29.8 Å². The standard InChI is InChI=1S/C30H47NO3/c1-3-27-18-22-15-21(2)16-23(17-22)19-30(34-33-27)14-4-5-25(20-30)24-6-10-28(11-7-24)32-29-12-8-26(31)9-13-29/h6-7,10-11,21-23,25-27,29H,3-5,8-9,12-20,31H2,1-2H3/t21?,22?,23?,25-,26?,27?,29?,30+/m1/s1. The zero-order valence-electron chi connectivity index (χ0n) is 21.6. The van der Waals surface area contributed by atoms with E-state index in [1.165, 1.54) is 50.5 Å². The molecule has 2 N–H and O–H groups in total. The van der Waals surface area contributed by atoms with Crippen LogP contribution in [0.25, 0.3) is 0 Å². The molecule has 0 amide bonds. The summed E-state index contributed by atoms with van der Waals surface area (Å²) in [6.07, 6.45) is 17.1. The van der Waals surface area contributed by atoms with Gasteiger partial charge in [-0.3, -0.25) is 0 Å². The van der Waals surface area contributed by atoms with Crippen LogP contribution >= 0.6 is 0 Å². The molecule has 5 rings (SSSR count). The second kappa shape index (κ2) is 10.9. The summed E-state index contributed by atoms with van der Waals surface area (Å²) in [5.41, 5.74) is 7.36. The number of hydrogen-bond acceptors (Lipinski definition) is 4. The molecule has 4 heteroatoms. The van der Waals surface area contributed by atoms with Gasteiger partial charge in [0, 0.05) is 6.04 Å². The molecular weight excluding hydrogens is 422 g/mol. The lowest BCUT2D eigenvalue weighted by Gasteiger charge is -2.43. The minimum Gasteiger partial charge on any atom is -0.490 e. The smallest absolute Gasteiger partial charge is 0.119 e. The average Bonchev–Trinajstić information content (AvgIpc) is 2.88. The maximum absolute atomic E-state index is 6.49. The SMILES string of the molecule is CCC1CC2CC(C)CC(C2)C[C@]2(CCC[C@@H](c3ccc(OC4CCC(N)CC4)cc3)C2)OO1. The molecule has 4 unspecified atom stereocenters. The van der Waals surface area contributed by atoms with E-state index in [1.54, 1.807) is 0 Å². The van der Waals surface area contributed by atoms with Crippen LogP contribution in [0.5, 0.6) is 5.75 Å². The third kappa shape index (κ3) is 5.99. The van der Waals surface area contributed by atoms with Crippen LogP contribution in [-0.4, -0.2) is 23.9 Å². The van der Waals surface area contributed by atoms with E-state index in [0.29, 0.717) is 18.1 Å². The van der Waals surface area contributed by atoms with Crippen molar-refractivity contribution in [2.75, 3.05) is 0 Å². The van der Waals surface area contributed by atoms with Gasteiger partial charge in [-0.2, -0.15) is 0 Å². The topological polar surface area (TPSA) is 53.7 Å². The molecule has 4 nitrogen and oxygen atoms in total. The van der Waals surface area contributed by atoms with Gasteiger partial charge in [0.15, 0.2) is 0 Å². The Morgan fingerprint density at radius 1 is 0.941 bits per heavy atom. The summed E-state index contributed by atoms with van der Waals surface area (Å²) < 4.78 is 6.28. The quantitative estimate of drug-likeness (QED) is 0.470. The fraction of sp³-hybridized carbons (Fsp3) is 0.800. The fourth-order valence-corrected chi connectivity index (χ4v) is 7.72. The Morgan fingerprint density at radius 3 is 2.47 bits per heavy atom. The van der Waals surface area contributed by atoms with Gasteiger partial charge < -0.3 is 10.5 Å². The third-order valence-corrected chi connectivity index (χ3v) is 9.39. The van der Waals surface area contributed by atoms with Crippen molar-refractivity contribution in [1.82, 2.24) is 0 Å². The van der Waals surface area contributed by atoms with E-state index in [0.717, 1.165) is 68.4 Å². The van der Waals surface area contributed by atoms with E-state index in [-0.39, 0.29) is 11.7 Å². The minimum atomic E-state index is -0.122. The maximum Gasteiger partial charge on any atom is 0.119 e. The van der Waals surface area contributed by atoms with Gasteiger partial charge >= 0.3 is 0 Å². The Kier molecular flexibility index (Phi) is 7.87. The first kappa shape index (κ1) is 24.6. The molecule has 4 fully saturated rings. The van der Waals surface area contributed by atoms with Crippen molar-refractivity contribution >= 4 is 0 Å².